The van der Waals surface area contributed by atoms with Crippen LogP contribution in [0.25, 0.3) is 33.7 Å². The first-order valence-corrected chi connectivity index (χ1v) is 12.3. The summed E-state index contributed by atoms with van der Waals surface area (Å²) in [5.74, 6) is -0.805. The second-order valence-corrected chi connectivity index (χ2v) is 9.32. The Labute approximate surface area is 222 Å². The number of carboxylic acid groups (broad SMARTS) is 1. The number of hydrogen-bond donors (Lipinski definition) is 4. The molecular formula is C30H24N4O5. The van der Waals surface area contributed by atoms with E-state index in [4.69, 9.17) is 20.0 Å². The quantitative estimate of drug-likeness (QED) is 0.212. The Morgan fingerprint density at radius 2 is 1.97 bits per heavy atom. The van der Waals surface area contributed by atoms with E-state index < -0.39 is 5.97 Å². The van der Waals surface area contributed by atoms with Crippen LogP contribution in [0.2, 0.25) is 0 Å². The second-order valence-electron chi connectivity index (χ2n) is 9.32. The number of anilines is 1. The molecule has 0 radical (unpaired) electrons. The van der Waals surface area contributed by atoms with Gasteiger partial charge in [0, 0.05) is 46.2 Å². The number of fused-ring (bicyclic) bond motifs is 2. The highest BCUT2D eigenvalue weighted by molar-refractivity contribution is 6.35. The maximum Gasteiger partial charge on any atom is 0.371 e. The lowest BCUT2D eigenvalue weighted by molar-refractivity contribution is -0.110. The Hall–Kier alpha value is -5.15. The van der Waals surface area contributed by atoms with E-state index >= 15 is 0 Å². The van der Waals surface area contributed by atoms with Gasteiger partial charge in [0.05, 0.1) is 11.8 Å². The third-order valence-corrected chi connectivity index (χ3v) is 6.59. The molecule has 4 heterocycles. The van der Waals surface area contributed by atoms with Crippen LogP contribution in [0, 0.1) is 0 Å². The summed E-state index contributed by atoms with van der Waals surface area (Å²) in [4.78, 5) is 31.4. The van der Waals surface area contributed by atoms with Crippen LogP contribution in [-0.2, 0) is 11.2 Å². The molecule has 0 saturated heterocycles. The molecule has 9 heteroatoms. The summed E-state index contributed by atoms with van der Waals surface area (Å²) in [6, 6.07) is 18.2. The van der Waals surface area contributed by atoms with Crippen LogP contribution in [-0.4, -0.2) is 39.6 Å². The number of H-pyrrole nitrogens is 1. The molecule has 194 valence electrons. The summed E-state index contributed by atoms with van der Waals surface area (Å²) in [7, 11) is 0. The van der Waals surface area contributed by atoms with E-state index in [-0.39, 0.29) is 23.5 Å². The van der Waals surface area contributed by atoms with Crippen molar-refractivity contribution < 1.29 is 23.8 Å². The lowest BCUT2D eigenvalue weighted by atomic mass is 10.00. The number of carbonyl (C=O) groups excluding carboxylic acids is 1. The zero-order chi connectivity index (χ0) is 26.9. The van der Waals surface area contributed by atoms with Crippen molar-refractivity contribution in [3.05, 3.63) is 102 Å². The van der Waals surface area contributed by atoms with Gasteiger partial charge in [-0.15, -0.1) is 0 Å². The number of rotatable bonds is 8. The highest BCUT2D eigenvalue weighted by Gasteiger charge is 2.25. The molecule has 9 nitrogen and oxygen atoms in total. The van der Waals surface area contributed by atoms with Gasteiger partial charge in [-0.1, -0.05) is 24.3 Å². The van der Waals surface area contributed by atoms with Crippen molar-refractivity contribution >= 4 is 40.1 Å². The lowest BCUT2D eigenvalue weighted by Gasteiger charge is -2.13. The lowest BCUT2D eigenvalue weighted by Crippen LogP contribution is -2.30. The average molecular weight is 521 g/mol. The van der Waals surface area contributed by atoms with Gasteiger partial charge in [-0.05, 0) is 60.0 Å². The van der Waals surface area contributed by atoms with Crippen LogP contribution in [0.1, 0.15) is 27.4 Å². The fraction of sp³-hybridized carbons (Fsp3) is 0.100. The van der Waals surface area contributed by atoms with Crippen molar-refractivity contribution in [1.82, 2.24) is 9.97 Å². The normalized spacial score (nSPS) is 14.4. The number of nitrogens with two attached hydrogens (primary N) is 1. The Morgan fingerprint density at radius 3 is 2.82 bits per heavy atom. The van der Waals surface area contributed by atoms with E-state index in [9.17, 15) is 9.59 Å². The summed E-state index contributed by atoms with van der Waals surface area (Å²) in [6.45, 7) is 0.321. The molecule has 5 aromatic rings. The van der Waals surface area contributed by atoms with Gasteiger partial charge in [-0.2, -0.15) is 0 Å². The van der Waals surface area contributed by atoms with Crippen LogP contribution >= 0.6 is 0 Å². The summed E-state index contributed by atoms with van der Waals surface area (Å²) < 4.78 is 11.3. The minimum atomic E-state index is -1.17. The maximum absolute atomic E-state index is 12.6. The summed E-state index contributed by atoms with van der Waals surface area (Å²) in [5.41, 5.74) is 12.0. The third-order valence-electron chi connectivity index (χ3n) is 6.59. The number of carbonyl (C=O) groups is 2. The van der Waals surface area contributed by atoms with Gasteiger partial charge >= 0.3 is 5.97 Å². The summed E-state index contributed by atoms with van der Waals surface area (Å²) >= 11 is 0. The third kappa shape index (κ3) is 4.90. The molecule has 6 rings (SSSR count). The minimum Gasteiger partial charge on any atom is -0.490 e. The number of carboxylic acids is 1. The largest absolute Gasteiger partial charge is 0.490 e. The monoisotopic (exact) mass is 520 g/mol. The van der Waals surface area contributed by atoms with Crippen LogP contribution in [0.15, 0.2) is 83.7 Å². The van der Waals surface area contributed by atoms with E-state index in [0.717, 1.165) is 27.6 Å². The van der Waals surface area contributed by atoms with Gasteiger partial charge in [-0.25, -0.2) is 4.79 Å². The van der Waals surface area contributed by atoms with Crippen LogP contribution in [0.4, 0.5) is 5.69 Å². The van der Waals surface area contributed by atoms with E-state index in [2.05, 4.69) is 21.4 Å². The number of benzene rings is 2. The number of hydrogen-bond acceptors (Lipinski definition) is 6. The van der Waals surface area contributed by atoms with Crippen molar-refractivity contribution in [2.75, 3.05) is 11.9 Å². The van der Waals surface area contributed by atoms with E-state index in [1.54, 1.807) is 12.4 Å². The molecule has 1 aliphatic rings. The summed E-state index contributed by atoms with van der Waals surface area (Å²) in [5, 5.41) is 13.1. The number of aromatic carboxylic acids is 1. The highest BCUT2D eigenvalue weighted by Crippen LogP contribution is 2.37. The fourth-order valence-corrected chi connectivity index (χ4v) is 4.70. The number of nitrogens with zero attached hydrogens (tertiary/aromatic N) is 1. The first-order chi connectivity index (χ1) is 18.9. The number of pyridine rings is 1. The van der Waals surface area contributed by atoms with Crippen molar-refractivity contribution in [1.29, 1.82) is 0 Å². The standard InChI is InChI=1S/C30H24N4O5/c31-20(9-19-14-33-26-4-2-1-3-23(19)26)16-38-22-10-18(13-32-15-22)17-5-7-27-24(11-17)25(29(35)34-27)12-21-6-8-28(39-21)30(36)37/h1-8,10-15,20,33H,9,16,31H2,(H,34,35)(H,36,37)/t20-/m0/s1. The van der Waals surface area contributed by atoms with E-state index in [1.165, 1.54) is 18.2 Å². The molecular weight excluding hydrogens is 496 g/mol. The molecule has 0 unspecified atom stereocenters. The van der Waals surface area contributed by atoms with Crippen LogP contribution < -0.4 is 15.8 Å². The predicted molar refractivity (Wildman–Crippen MR) is 147 cm³/mol. The molecule has 1 amide bonds. The fourth-order valence-electron chi connectivity index (χ4n) is 4.70. The SMILES string of the molecule is N[C@H](COc1cncc(-c2ccc3c(c2)C(=Cc2ccc(C(=O)O)o2)C(=O)N3)c1)Cc1c[nH]c2ccccc12. The van der Waals surface area contributed by atoms with Crippen molar-refractivity contribution in [3.63, 3.8) is 0 Å². The van der Waals surface area contributed by atoms with Gasteiger partial charge in [0.2, 0.25) is 5.76 Å². The second kappa shape index (κ2) is 9.96. The first kappa shape index (κ1) is 24.2. The molecule has 0 fully saturated rings. The zero-order valence-electron chi connectivity index (χ0n) is 20.7. The predicted octanol–water partition coefficient (Wildman–Crippen LogP) is 4.96. The number of aromatic nitrogens is 2. The highest BCUT2D eigenvalue weighted by atomic mass is 16.5. The van der Waals surface area contributed by atoms with Gasteiger partial charge in [0.15, 0.2) is 0 Å². The molecule has 0 spiro atoms. The van der Waals surface area contributed by atoms with Gasteiger partial charge in [-0.3, -0.25) is 9.78 Å². The minimum absolute atomic E-state index is 0.196. The molecule has 2 aromatic carbocycles. The molecule has 0 aliphatic carbocycles. The zero-order valence-corrected chi connectivity index (χ0v) is 20.7. The smallest absolute Gasteiger partial charge is 0.371 e. The Morgan fingerprint density at radius 1 is 1.10 bits per heavy atom. The molecule has 1 aliphatic heterocycles. The molecule has 3 aromatic heterocycles. The Bertz CT molecular complexity index is 1750. The molecule has 5 N–H and O–H groups in total. The molecule has 0 bridgehead atoms. The molecule has 0 saturated carbocycles. The van der Waals surface area contributed by atoms with Crippen LogP contribution in [0.5, 0.6) is 5.75 Å². The van der Waals surface area contributed by atoms with Crippen molar-refractivity contribution in [2.45, 2.75) is 12.5 Å². The van der Waals surface area contributed by atoms with Crippen molar-refractivity contribution in [3.8, 4) is 16.9 Å². The Balaban J connectivity index is 1.18. The Kier molecular flexibility index (Phi) is 6.18. The number of para-hydroxylation sites is 1. The van der Waals surface area contributed by atoms with Gasteiger partial charge < -0.3 is 30.3 Å². The topological polar surface area (TPSA) is 143 Å². The van der Waals surface area contributed by atoms with Gasteiger partial charge in [0.25, 0.3) is 5.91 Å². The number of ether oxygens (including phenoxy) is 1. The van der Waals surface area contributed by atoms with Gasteiger partial charge in [0.1, 0.15) is 18.1 Å². The van der Waals surface area contributed by atoms with E-state index in [0.29, 0.717) is 35.6 Å². The number of aromatic amines is 1. The first-order valence-electron chi connectivity index (χ1n) is 12.3. The van der Waals surface area contributed by atoms with Crippen molar-refractivity contribution in [2.24, 2.45) is 5.73 Å². The molecule has 39 heavy (non-hydrogen) atoms. The molecule has 1 atom stereocenters. The maximum atomic E-state index is 12.6. The summed E-state index contributed by atoms with van der Waals surface area (Å²) in [6.07, 6.45) is 7.55. The van der Waals surface area contributed by atoms with E-state index in [1.807, 2.05) is 48.7 Å². The van der Waals surface area contributed by atoms with Crippen LogP contribution in [0.3, 0.4) is 0 Å². The number of nitrogens with one attached hydrogen (secondary N) is 2. The number of amides is 1. The number of furan rings is 1. The average Bonchev–Trinajstić information content (AvgIpc) is 3.66.